The van der Waals surface area contributed by atoms with Crippen molar-refractivity contribution in [3.8, 4) is 24.1 Å². The fourth-order valence-electron chi connectivity index (χ4n) is 6.39. The number of phenolic OH excluding ortho intramolecular Hbond substituents is 1. The zero-order valence-electron chi connectivity index (χ0n) is 25.0. The Labute approximate surface area is 253 Å². The second kappa shape index (κ2) is 12.6. The Morgan fingerprint density at radius 3 is 2.70 bits per heavy atom. The largest absolute Gasteiger partial charge is 0.508 e. The van der Waals surface area contributed by atoms with Crippen LogP contribution in [-0.2, 0) is 22.6 Å². The van der Waals surface area contributed by atoms with Crippen LogP contribution >= 0.6 is 0 Å². The highest BCUT2D eigenvalue weighted by Gasteiger charge is 2.31. The Balaban J connectivity index is 1.16. The van der Waals surface area contributed by atoms with Crippen LogP contribution in [-0.4, -0.2) is 83.7 Å². The molecule has 0 aliphatic carbocycles. The molecule has 1 N–H and O–H groups in total. The minimum Gasteiger partial charge on any atom is -0.508 e. The van der Waals surface area contributed by atoms with Crippen molar-refractivity contribution in [3.05, 3.63) is 64.9 Å². The number of rotatable bonds is 6. The number of carbonyl (C=O) groups excluding carboxylic acids is 1. The van der Waals surface area contributed by atoms with Gasteiger partial charge in [-0.05, 0) is 61.0 Å². The Morgan fingerprint density at radius 2 is 1.95 bits per heavy atom. The minimum absolute atomic E-state index is 0.0585. The van der Waals surface area contributed by atoms with E-state index in [1.165, 1.54) is 12.8 Å². The summed E-state index contributed by atoms with van der Waals surface area (Å²) in [5.74, 6) is 4.58. The fraction of sp³-hybridized carbons (Fsp3) is 0.441. The molecule has 2 aromatic carbocycles. The fourth-order valence-corrected chi connectivity index (χ4v) is 6.39. The van der Waals surface area contributed by atoms with Gasteiger partial charge in [0, 0.05) is 61.7 Å². The number of methoxy groups -OCH3 is 1. The van der Waals surface area contributed by atoms with E-state index < -0.39 is 0 Å². The first kappa shape index (κ1) is 29.0. The summed E-state index contributed by atoms with van der Waals surface area (Å²) in [4.78, 5) is 28.8. The van der Waals surface area contributed by atoms with Crippen LogP contribution in [0.1, 0.15) is 48.3 Å². The van der Waals surface area contributed by atoms with E-state index >= 15 is 0 Å². The summed E-state index contributed by atoms with van der Waals surface area (Å²) in [6.45, 7) is 8.18. The molecule has 3 aromatic rings. The van der Waals surface area contributed by atoms with Crippen LogP contribution < -0.4 is 9.64 Å². The van der Waals surface area contributed by atoms with Gasteiger partial charge in [-0.25, -0.2) is 0 Å². The van der Waals surface area contributed by atoms with Crippen molar-refractivity contribution in [1.29, 1.82) is 0 Å². The Kier molecular flexibility index (Phi) is 8.50. The Morgan fingerprint density at radius 1 is 1.16 bits per heavy atom. The number of aromatic nitrogens is 2. The van der Waals surface area contributed by atoms with Crippen molar-refractivity contribution in [3.63, 3.8) is 0 Å². The molecule has 0 bridgehead atoms. The van der Waals surface area contributed by atoms with Crippen molar-refractivity contribution < 1.29 is 19.4 Å². The number of piperazine rings is 1. The minimum atomic E-state index is -0.348. The van der Waals surface area contributed by atoms with Crippen LogP contribution in [0.2, 0.25) is 0 Å². The van der Waals surface area contributed by atoms with Crippen LogP contribution in [0.3, 0.4) is 0 Å². The molecule has 2 saturated heterocycles. The molecule has 1 unspecified atom stereocenters. The van der Waals surface area contributed by atoms with E-state index in [9.17, 15) is 9.90 Å². The maximum atomic E-state index is 12.9. The lowest BCUT2D eigenvalue weighted by Crippen LogP contribution is -2.49. The number of phenols is 1. The lowest BCUT2D eigenvalue weighted by molar-refractivity contribution is -0.126. The molecular weight excluding hydrogens is 542 g/mol. The van der Waals surface area contributed by atoms with Gasteiger partial charge in [0.1, 0.15) is 11.6 Å². The molecule has 43 heavy (non-hydrogen) atoms. The molecule has 1 aromatic heterocycles. The van der Waals surface area contributed by atoms with E-state index in [-0.39, 0.29) is 17.8 Å². The van der Waals surface area contributed by atoms with Crippen LogP contribution in [0, 0.1) is 18.3 Å². The molecule has 224 valence electrons. The second-order valence-electron chi connectivity index (χ2n) is 11.7. The van der Waals surface area contributed by atoms with E-state index in [4.69, 9.17) is 25.9 Å². The average Bonchev–Trinajstić information content (AvgIpc) is 3.04. The molecule has 3 aliphatic rings. The van der Waals surface area contributed by atoms with E-state index in [1.807, 2.05) is 29.2 Å². The van der Waals surface area contributed by atoms with Gasteiger partial charge in [0.25, 0.3) is 0 Å². The lowest BCUT2D eigenvalue weighted by Gasteiger charge is -2.37. The van der Waals surface area contributed by atoms with Gasteiger partial charge in [0.2, 0.25) is 5.91 Å². The quantitative estimate of drug-likeness (QED) is 0.344. The summed E-state index contributed by atoms with van der Waals surface area (Å²) < 4.78 is 11.9. The normalized spacial score (nSPS) is 19.9. The molecule has 6 rings (SSSR count). The topological polar surface area (TPSA) is 91.3 Å². The first-order valence-corrected chi connectivity index (χ1v) is 15.1. The van der Waals surface area contributed by atoms with Crippen LogP contribution in [0.25, 0.3) is 10.8 Å². The highest BCUT2D eigenvalue weighted by Crippen LogP contribution is 2.39. The van der Waals surface area contributed by atoms with E-state index in [2.05, 4.69) is 22.6 Å². The number of likely N-dealkylation sites (tertiary alicyclic amines) is 1. The summed E-state index contributed by atoms with van der Waals surface area (Å²) in [7, 11) is 1.57. The molecule has 4 heterocycles. The van der Waals surface area contributed by atoms with E-state index in [0.717, 1.165) is 64.5 Å². The standard InChI is InChI=1S/C34H39N5O4/c1-4-24-7-5-8-25-19-26(40)20-27(32(24)25)30-21-29-28(22-43-30)33(36-34(35-29)42-3)39-17-15-38(16-18-39)31(41)9-6-12-37-13-10-23(2)11-14-37/h1,5-9,19-20,23,30,40H,10-18,21-22H2,2-3H3/b9-6+. The average molecular weight is 582 g/mol. The number of ether oxygens (including phenoxy) is 2. The molecule has 9 nitrogen and oxygen atoms in total. The number of nitrogens with zero attached hydrogens (tertiary/aromatic N) is 5. The maximum Gasteiger partial charge on any atom is 0.318 e. The lowest BCUT2D eigenvalue weighted by atomic mass is 9.92. The smallest absolute Gasteiger partial charge is 0.318 e. The maximum absolute atomic E-state index is 12.9. The van der Waals surface area contributed by atoms with E-state index in [0.29, 0.717) is 45.2 Å². The first-order chi connectivity index (χ1) is 20.9. The second-order valence-corrected chi connectivity index (χ2v) is 11.7. The van der Waals surface area contributed by atoms with Crippen LogP contribution in [0.5, 0.6) is 11.8 Å². The van der Waals surface area contributed by atoms with Gasteiger partial charge in [0.15, 0.2) is 0 Å². The number of terminal acetylenes is 1. The Hall–Kier alpha value is -4.13. The van der Waals surface area contributed by atoms with Gasteiger partial charge < -0.3 is 24.4 Å². The van der Waals surface area contributed by atoms with Gasteiger partial charge in [0.05, 0.1) is 25.5 Å². The molecule has 0 saturated carbocycles. The van der Waals surface area contributed by atoms with E-state index in [1.54, 1.807) is 25.3 Å². The van der Waals surface area contributed by atoms with Crippen LogP contribution in [0.4, 0.5) is 5.82 Å². The van der Waals surface area contributed by atoms with Crippen molar-refractivity contribution in [2.45, 2.75) is 38.9 Å². The Bertz CT molecular complexity index is 1570. The van der Waals surface area contributed by atoms with Gasteiger partial charge in [-0.1, -0.05) is 31.1 Å². The number of benzene rings is 2. The third-order valence-corrected chi connectivity index (χ3v) is 8.93. The number of fused-ring (bicyclic) bond motifs is 2. The van der Waals surface area contributed by atoms with Crippen LogP contribution in [0.15, 0.2) is 42.5 Å². The molecule has 2 fully saturated rings. The molecular formula is C34H39N5O4. The van der Waals surface area contributed by atoms with Gasteiger partial charge in [-0.3, -0.25) is 9.69 Å². The number of aromatic hydroxyl groups is 1. The number of hydrogen-bond acceptors (Lipinski definition) is 8. The predicted molar refractivity (Wildman–Crippen MR) is 166 cm³/mol. The first-order valence-electron chi connectivity index (χ1n) is 15.1. The highest BCUT2D eigenvalue weighted by atomic mass is 16.5. The number of carbonyl (C=O) groups is 1. The molecule has 9 heteroatoms. The summed E-state index contributed by atoms with van der Waals surface area (Å²) >= 11 is 0. The molecule has 1 atom stereocenters. The highest BCUT2D eigenvalue weighted by molar-refractivity contribution is 5.92. The zero-order valence-corrected chi connectivity index (χ0v) is 25.0. The van der Waals surface area contributed by atoms with Crippen molar-refractivity contribution in [2.24, 2.45) is 5.92 Å². The zero-order chi connectivity index (χ0) is 29.9. The summed E-state index contributed by atoms with van der Waals surface area (Å²) in [6, 6.07) is 9.48. The van der Waals surface area contributed by atoms with Crippen molar-refractivity contribution in [2.75, 3.05) is 57.8 Å². The predicted octanol–water partition coefficient (Wildman–Crippen LogP) is 4.08. The van der Waals surface area contributed by atoms with Gasteiger partial charge >= 0.3 is 6.01 Å². The van der Waals surface area contributed by atoms with Gasteiger partial charge in [-0.15, -0.1) is 6.42 Å². The molecule has 0 radical (unpaired) electrons. The summed E-state index contributed by atoms with van der Waals surface area (Å²) in [5.41, 5.74) is 3.37. The number of hydrogen-bond donors (Lipinski definition) is 1. The molecule has 3 aliphatic heterocycles. The third kappa shape index (κ3) is 6.17. The third-order valence-electron chi connectivity index (χ3n) is 8.93. The SMILES string of the molecule is C#Cc1cccc2cc(O)cc(C3Cc4nc(OC)nc(N5CCN(C(=O)/C=C/CN6CCC(C)CC6)CC5)c4CO3)c12. The van der Waals surface area contributed by atoms with Gasteiger partial charge in [-0.2, -0.15) is 9.97 Å². The summed E-state index contributed by atoms with van der Waals surface area (Å²) in [5, 5.41) is 12.2. The number of amides is 1. The van der Waals surface area contributed by atoms with Crippen molar-refractivity contribution >= 4 is 22.5 Å². The number of anilines is 1. The monoisotopic (exact) mass is 581 g/mol. The van der Waals surface area contributed by atoms with Crippen molar-refractivity contribution in [1.82, 2.24) is 19.8 Å². The molecule has 1 amide bonds. The molecule has 0 spiro atoms. The number of piperidine rings is 1. The summed E-state index contributed by atoms with van der Waals surface area (Å²) in [6.07, 6.45) is 12.2.